The highest BCUT2D eigenvalue weighted by Gasteiger charge is 2.13. The summed E-state index contributed by atoms with van der Waals surface area (Å²) in [7, 11) is 3.40. The molecule has 1 aromatic heterocycles. The summed E-state index contributed by atoms with van der Waals surface area (Å²) >= 11 is 6.18. The van der Waals surface area contributed by atoms with Crippen molar-refractivity contribution in [2.45, 2.75) is 20.1 Å². The van der Waals surface area contributed by atoms with Crippen LogP contribution in [0.5, 0.6) is 11.5 Å². The maximum atomic E-state index is 9.33. The molecule has 2 rings (SSSR count). The molecule has 0 spiro atoms. The van der Waals surface area contributed by atoms with Crippen LogP contribution in [0.2, 0.25) is 5.02 Å². The summed E-state index contributed by atoms with van der Waals surface area (Å²) < 4.78 is 12.6. The van der Waals surface area contributed by atoms with Gasteiger partial charge in [0.05, 0.1) is 30.1 Å². The molecule has 0 saturated carbocycles. The summed E-state index contributed by atoms with van der Waals surface area (Å²) in [6, 6.07) is 5.28. The minimum absolute atomic E-state index is 0.0997. The second-order valence-electron chi connectivity index (χ2n) is 4.39. The molecule has 20 heavy (non-hydrogen) atoms. The number of hydrogen-bond acceptors (Lipinski definition) is 4. The average molecular weight is 297 g/mol. The van der Waals surface area contributed by atoms with E-state index in [1.165, 1.54) is 0 Å². The van der Waals surface area contributed by atoms with Crippen molar-refractivity contribution >= 4 is 11.6 Å². The number of aryl methyl sites for hydroxylation is 2. The molecule has 0 radical (unpaired) electrons. The first-order chi connectivity index (χ1) is 9.56. The minimum Gasteiger partial charge on any atom is -0.497 e. The van der Waals surface area contributed by atoms with Gasteiger partial charge < -0.3 is 14.6 Å². The molecule has 0 aliphatic carbocycles. The maximum absolute atomic E-state index is 9.33. The summed E-state index contributed by atoms with van der Waals surface area (Å²) in [6.07, 6.45) is 0. The molecule has 0 saturated heterocycles. The number of aliphatic hydroxyl groups excluding tert-OH is 1. The van der Waals surface area contributed by atoms with E-state index < -0.39 is 0 Å². The van der Waals surface area contributed by atoms with Gasteiger partial charge in [0.1, 0.15) is 18.1 Å². The quantitative estimate of drug-likeness (QED) is 0.921. The van der Waals surface area contributed by atoms with Gasteiger partial charge in [-0.1, -0.05) is 11.6 Å². The zero-order chi connectivity index (χ0) is 14.7. The number of halogens is 1. The smallest absolute Gasteiger partial charge is 0.131 e. The average Bonchev–Trinajstić information content (AvgIpc) is 2.70. The van der Waals surface area contributed by atoms with Gasteiger partial charge >= 0.3 is 0 Å². The zero-order valence-corrected chi connectivity index (χ0v) is 12.4. The molecule has 0 aliphatic rings. The van der Waals surface area contributed by atoms with Crippen molar-refractivity contribution in [2.24, 2.45) is 7.05 Å². The molecule has 0 amide bonds. The highest BCUT2D eigenvalue weighted by Crippen LogP contribution is 2.27. The van der Waals surface area contributed by atoms with Crippen molar-refractivity contribution in [1.82, 2.24) is 9.78 Å². The van der Waals surface area contributed by atoms with E-state index in [-0.39, 0.29) is 13.2 Å². The predicted octanol–water partition coefficient (Wildman–Crippen LogP) is 2.46. The number of aromatic nitrogens is 2. The Hall–Kier alpha value is -1.72. The van der Waals surface area contributed by atoms with Crippen LogP contribution in [0.25, 0.3) is 0 Å². The van der Waals surface area contributed by atoms with Crippen molar-refractivity contribution in [3.05, 3.63) is 40.2 Å². The summed E-state index contributed by atoms with van der Waals surface area (Å²) in [6.45, 7) is 2.02. The van der Waals surface area contributed by atoms with Crippen molar-refractivity contribution < 1.29 is 14.6 Å². The van der Waals surface area contributed by atoms with Crippen molar-refractivity contribution in [1.29, 1.82) is 0 Å². The molecule has 0 atom stereocenters. The zero-order valence-electron chi connectivity index (χ0n) is 11.7. The molecule has 0 unspecified atom stereocenters. The lowest BCUT2D eigenvalue weighted by Crippen LogP contribution is -2.05. The number of aliphatic hydroxyl groups is 1. The first kappa shape index (κ1) is 14.7. The van der Waals surface area contributed by atoms with Crippen LogP contribution in [0.1, 0.15) is 17.0 Å². The molecule has 108 valence electrons. The second kappa shape index (κ2) is 6.15. The molecule has 1 aromatic carbocycles. The van der Waals surface area contributed by atoms with Gasteiger partial charge in [0.2, 0.25) is 0 Å². The fourth-order valence-corrected chi connectivity index (χ4v) is 2.12. The van der Waals surface area contributed by atoms with Gasteiger partial charge in [0.25, 0.3) is 0 Å². The Kier molecular flexibility index (Phi) is 4.52. The topological polar surface area (TPSA) is 56.5 Å². The van der Waals surface area contributed by atoms with Crippen molar-refractivity contribution in [2.75, 3.05) is 7.11 Å². The largest absolute Gasteiger partial charge is 0.497 e. The normalized spacial score (nSPS) is 10.7. The van der Waals surface area contributed by atoms with Crippen molar-refractivity contribution in [3.63, 3.8) is 0 Å². The van der Waals surface area contributed by atoms with E-state index in [1.54, 1.807) is 30.0 Å². The standard InChI is InChI=1S/C14H17ClN2O3/c1-9-14(15)12(17(2)16-9)8-20-13-6-11(19-3)5-4-10(13)7-18/h4-6,18H,7-8H2,1-3H3. The van der Waals surface area contributed by atoms with Crippen LogP contribution >= 0.6 is 11.6 Å². The monoisotopic (exact) mass is 296 g/mol. The van der Waals surface area contributed by atoms with Crippen LogP contribution in [0.3, 0.4) is 0 Å². The van der Waals surface area contributed by atoms with E-state index in [1.807, 2.05) is 14.0 Å². The van der Waals surface area contributed by atoms with Crippen LogP contribution in [0.4, 0.5) is 0 Å². The Bertz CT molecular complexity index is 611. The third-order valence-corrected chi connectivity index (χ3v) is 3.56. The van der Waals surface area contributed by atoms with E-state index in [0.717, 1.165) is 11.4 Å². The van der Waals surface area contributed by atoms with Gasteiger partial charge in [-0.25, -0.2) is 0 Å². The Morgan fingerprint density at radius 1 is 1.40 bits per heavy atom. The van der Waals surface area contributed by atoms with Gasteiger partial charge in [-0.15, -0.1) is 0 Å². The predicted molar refractivity (Wildman–Crippen MR) is 76.2 cm³/mol. The molecular formula is C14H17ClN2O3. The summed E-state index contributed by atoms with van der Waals surface area (Å²) in [4.78, 5) is 0. The van der Waals surface area contributed by atoms with Gasteiger partial charge in [-0.3, -0.25) is 4.68 Å². The van der Waals surface area contributed by atoms with E-state index in [0.29, 0.717) is 22.1 Å². The van der Waals surface area contributed by atoms with E-state index >= 15 is 0 Å². The number of methoxy groups -OCH3 is 1. The van der Waals surface area contributed by atoms with Gasteiger partial charge in [0.15, 0.2) is 0 Å². The first-order valence-electron chi connectivity index (χ1n) is 6.15. The molecule has 0 aliphatic heterocycles. The van der Waals surface area contributed by atoms with Crippen molar-refractivity contribution in [3.8, 4) is 11.5 Å². The molecule has 0 fully saturated rings. The highest BCUT2D eigenvalue weighted by atomic mass is 35.5. The molecule has 1 N–H and O–H groups in total. The Morgan fingerprint density at radius 3 is 2.70 bits per heavy atom. The van der Waals surface area contributed by atoms with Crippen LogP contribution in [0.15, 0.2) is 18.2 Å². The van der Waals surface area contributed by atoms with E-state index in [2.05, 4.69) is 5.10 Å². The van der Waals surface area contributed by atoms with Crippen LogP contribution in [-0.2, 0) is 20.3 Å². The third-order valence-electron chi connectivity index (χ3n) is 3.07. The molecule has 1 heterocycles. The third kappa shape index (κ3) is 2.89. The van der Waals surface area contributed by atoms with Crippen LogP contribution in [0, 0.1) is 6.92 Å². The number of ether oxygens (including phenoxy) is 2. The molecule has 5 nitrogen and oxygen atoms in total. The lowest BCUT2D eigenvalue weighted by atomic mass is 10.2. The van der Waals surface area contributed by atoms with Crippen LogP contribution < -0.4 is 9.47 Å². The lowest BCUT2D eigenvalue weighted by Gasteiger charge is -2.12. The fraction of sp³-hybridized carbons (Fsp3) is 0.357. The minimum atomic E-state index is -0.0997. The Morgan fingerprint density at radius 2 is 2.15 bits per heavy atom. The first-order valence-corrected chi connectivity index (χ1v) is 6.53. The number of hydrogen-bond donors (Lipinski definition) is 1. The van der Waals surface area contributed by atoms with E-state index in [4.69, 9.17) is 21.1 Å². The Labute approximate surface area is 122 Å². The number of nitrogens with zero attached hydrogens (tertiary/aromatic N) is 2. The van der Waals surface area contributed by atoms with E-state index in [9.17, 15) is 5.11 Å². The fourth-order valence-electron chi connectivity index (χ4n) is 1.91. The molecule has 0 bridgehead atoms. The Balaban J connectivity index is 2.21. The summed E-state index contributed by atoms with van der Waals surface area (Å²) in [5.74, 6) is 1.24. The van der Waals surface area contributed by atoms with Crippen LogP contribution in [-0.4, -0.2) is 22.0 Å². The number of benzene rings is 1. The second-order valence-corrected chi connectivity index (χ2v) is 4.77. The lowest BCUT2D eigenvalue weighted by molar-refractivity contribution is 0.254. The molecule has 6 heteroatoms. The maximum Gasteiger partial charge on any atom is 0.131 e. The van der Waals surface area contributed by atoms with Gasteiger partial charge in [-0.2, -0.15) is 5.10 Å². The number of rotatable bonds is 5. The molecule has 2 aromatic rings. The summed E-state index contributed by atoms with van der Waals surface area (Å²) in [5, 5.41) is 14.2. The highest BCUT2D eigenvalue weighted by molar-refractivity contribution is 6.31. The van der Waals surface area contributed by atoms with Gasteiger partial charge in [-0.05, 0) is 19.1 Å². The SMILES string of the molecule is COc1ccc(CO)c(OCc2c(Cl)c(C)nn2C)c1. The van der Waals surface area contributed by atoms with Gasteiger partial charge in [0, 0.05) is 18.7 Å². The summed E-state index contributed by atoms with van der Waals surface area (Å²) in [5.41, 5.74) is 2.25. The molecular weight excluding hydrogens is 280 g/mol.